The molecule has 0 spiro atoms. The molecule has 2 aromatic heterocycles. The Kier molecular flexibility index (Phi) is 9.08. The maximum atomic E-state index is 12.5. The van der Waals surface area contributed by atoms with Crippen LogP contribution in [0.25, 0.3) is 11.2 Å². The summed E-state index contributed by atoms with van der Waals surface area (Å²) >= 11 is 0. The van der Waals surface area contributed by atoms with Gasteiger partial charge in [-0.1, -0.05) is 0 Å². The van der Waals surface area contributed by atoms with E-state index in [0.717, 1.165) is 25.7 Å². The number of likely N-dealkylation sites (N-methyl/N-ethyl adjacent to an activating group) is 1. The zero-order chi connectivity index (χ0) is 30.0. The van der Waals surface area contributed by atoms with E-state index in [1.807, 2.05) is 0 Å². The number of likely N-dealkylation sites (tertiary alicyclic amines) is 2. The van der Waals surface area contributed by atoms with Gasteiger partial charge in [-0.2, -0.15) is 0 Å². The Bertz CT molecular complexity index is 1300. The summed E-state index contributed by atoms with van der Waals surface area (Å²) in [6, 6.07) is 0. The van der Waals surface area contributed by atoms with Gasteiger partial charge < -0.3 is 40.5 Å². The highest BCUT2D eigenvalue weighted by molar-refractivity contribution is 5.83. The predicted octanol–water partition coefficient (Wildman–Crippen LogP) is -0.187. The minimum absolute atomic E-state index is 0.0317. The van der Waals surface area contributed by atoms with Crippen molar-refractivity contribution in [3.05, 3.63) is 12.2 Å². The van der Waals surface area contributed by atoms with Gasteiger partial charge in [0.05, 0.1) is 12.2 Å². The molecule has 0 aliphatic carbocycles. The third kappa shape index (κ3) is 6.13. The molecule has 0 radical (unpaired) electrons. The molecule has 15 nitrogen and oxygen atoms in total. The van der Waals surface area contributed by atoms with Crippen molar-refractivity contribution in [2.24, 2.45) is 11.8 Å². The molecule has 3 amide bonds. The summed E-state index contributed by atoms with van der Waals surface area (Å²) in [6.07, 6.45) is 0.709. The van der Waals surface area contributed by atoms with Gasteiger partial charge >= 0.3 is 6.09 Å². The molecule has 5 N–H and O–H groups in total. The third-order valence-corrected chi connectivity index (χ3v) is 8.45. The van der Waals surface area contributed by atoms with Gasteiger partial charge in [0, 0.05) is 39.6 Å². The number of aliphatic hydroxyl groups is 2. The number of nitrogen functional groups attached to an aromatic ring is 1. The van der Waals surface area contributed by atoms with Gasteiger partial charge in [0.25, 0.3) is 5.91 Å². The zero-order valence-electron chi connectivity index (χ0n) is 24.0. The molecule has 15 heteroatoms. The van der Waals surface area contributed by atoms with Gasteiger partial charge in [-0.25, -0.2) is 19.7 Å². The average Bonchev–Trinajstić information content (AvgIpc) is 3.63. The fraction of sp³-hybridized carbons (Fsp3) is 0.704. The first-order valence-electron chi connectivity index (χ1n) is 14.6. The lowest BCUT2D eigenvalue weighted by atomic mass is 9.91. The van der Waals surface area contributed by atoms with Crippen LogP contribution in [0.4, 0.5) is 10.6 Å². The Hall–Kier alpha value is -3.56. The fourth-order valence-electron chi connectivity index (χ4n) is 5.93. The first-order valence-corrected chi connectivity index (χ1v) is 14.6. The van der Waals surface area contributed by atoms with Gasteiger partial charge in [0.15, 0.2) is 23.8 Å². The van der Waals surface area contributed by atoms with E-state index in [0.29, 0.717) is 61.9 Å². The molecule has 230 valence electrons. The van der Waals surface area contributed by atoms with Crippen molar-refractivity contribution in [3.8, 4) is 0 Å². The van der Waals surface area contributed by atoms with Gasteiger partial charge in [-0.3, -0.25) is 14.2 Å². The molecule has 3 saturated heterocycles. The van der Waals surface area contributed by atoms with Crippen molar-refractivity contribution < 1.29 is 34.1 Å². The molecule has 2 unspecified atom stereocenters. The van der Waals surface area contributed by atoms with Gasteiger partial charge in [0.1, 0.15) is 30.2 Å². The number of nitrogens with one attached hydrogen (secondary N) is 1. The number of nitrogens with two attached hydrogens (primary N) is 1. The summed E-state index contributed by atoms with van der Waals surface area (Å²) in [5.74, 6) is 0.437. The number of rotatable bonds is 9. The molecular weight excluding hydrogens is 548 g/mol. The Balaban J connectivity index is 1.12. The first kappa shape index (κ1) is 29.9. The number of piperidine rings is 1. The zero-order valence-corrected chi connectivity index (χ0v) is 24.0. The monoisotopic (exact) mass is 588 g/mol. The van der Waals surface area contributed by atoms with Crippen LogP contribution in [0.3, 0.4) is 0 Å². The second-order valence-corrected chi connectivity index (χ2v) is 11.3. The number of anilines is 1. The third-order valence-electron chi connectivity index (χ3n) is 8.45. The summed E-state index contributed by atoms with van der Waals surface area (Å²) < 4.78 is 12.6. The van der Waals surface area contributed by atoms with Crippen molar-refractivity contribution in [1.82, 2.24) is 34.6 Å². The first-order chi connectivity index (χ1) is 20.2. The van der Waals surface area contributed by atoms with E-state index in [9.17, 15) is 24.6 Å². The summed E-state index contributed by atoms with van der Waals surface area (Å²) in [7, 11) is 1.76. The number of hydrogen-bond acceptors (Lipinski definition) is 11. The minimum Gasteiger partial charge on any atom is -0.449 e. The lowest BCUT2D eigenvalue weighted by Crippen LogP contribution is -2.42. The molecule has 5 heterocycles. The number of amides is 3. The van der Waals surface area contributed by atoms with Crippen LogP contribution in [0, 0.1) is 11.8 Å². The van der Waals surface area contributed by atoms with Crippen molar-refractivity contribution in [2.75, 3.05) is 45.6 Å². The average molecular weight is 589 g/mol. The highest BCUT2D eigenvalue weighted by atomic mass is 16.6. The van der Waals surface area contributed by atoms with Gasteiger partial charge in [0.2, 0.25) is 5.91 Å². The summed E-state index contributed by atoms with van der Waals surface area (Å²) in [5.41, 5.74) is 6.86. The van der Waals surface area contributed by atoms with Crippen molar-refractivity contribution in [3.63, 3.8) is 0 Å². The Morgan fingerprint density at radius 2 is 1.93 bits per heavy atom. The molecule has 0 aromatic carbocycles. The highest BCUT2D eigenvalue weighted by Crippen LogP contribution is 2.32. The SMILES string of the molecule is CCNC(=O)[C@H]1O[C@@H](n2cnc3c(N)nc(CCCC4CCN(C(=O)OCC5CCN(C)C5=O)CC4)nc32)[C@@H](O)C1O. The number of aliphatic hydroxyl groups excluding tert-OH is 2. The lowest BCUT2D eigenvalue weighted by Gasteiger charge is -2.31. The van der Waals surface area contributed by atoms with E-state index < -0.39 is 30.4 Å². The van der Waals surface area contributed by atoms with Crippen LogP contribution in [0.5, 0.6) is 0 Å². The quantitative estimate of drug-likeness (QED) is 0.303. The summed E-state index contributed by atoms with van der Waals surface area (Å²) in [6.45, 7) is 4.17. The largest absolute Gasteiger partial charge is 0.449 e. The Morgan fingerprint density at radius 3 is 2.62 bits per heavy atom. The van der Waals surface area contributed by atoms with E-state index >= 15 is 0 Å². The summed E-state index contributed by atoms with van der Waals surface area (Å²) in [4.78, 5) is 53.5. The molecule has 0 saturated carbocycles. The van der Waals surface area contributed by atoms with Gasteiger partial charge in [-0.15, -0.1) is 0 Å². The van der Waals surface area contributed by atoms with Crippen molar-refractivity contribution >= 4 is 34.9 Å². The maximum Gasteiger partial charge on any atom is 0.409 e. The summed E-state index contributed by atoms with van der Waals surface area (Å²) in [5, 5.41) is 23.6. The number of fused-ring (bicyclic) bond motifs is 1. The molecule has 3 aliphatic rings. The van der Waals surface area contributed by atoms with Crippen LogP contribution < -0.4 is 11.1 Å². The van der Waals surface area contributed by atoms with Crippen LogP contribution in [-0.4, -0.2) is 116 Å². The number of nitrogens with zero attached hydrogens (tertiary/aromatic N) is 6. The topological polar surface area (TPSA) is 198 Å². The van der Waals surface area contributed by atoms with Crippen molar-refractivity contribution in [1.29, 1.82) is 0 Å². The standard InChI is InChI=1S/C27H40N8O7/c1-3-29-24(38)21-19(36)20(37)26(42-21)35-14-30-18-22(28)31-17(32-23(18)35)6-4-5-15-7-11-34(12-8-15)27(40)41-13-16-9-10-33(2)25(16)39/h14-16,19-21,26,36-37H,3-13H2,1-2H3,(H,29,38)(H2,28,31,32)/t16?,19?,20-,21-,26+/m0/s1. The van der Waals surface area contributed by atoms with E-state index in [4.69, 9.17) is 15.2 Å². The minimum atomic E-state index is -1.41. The van der Waals surface area contributed by atoms with Crippen LogP contribution in [0.1, 0.15) is 51.1 Å². The molecule has 2 aromatic rings. The van der Waals surface area contributed by atoms with Crippen molar-refractivity contribution in [2.45, 2.75) is 70.0 Å². The lowest BCUT2D eigenvalue weighted by molar-refractivity contribution is -0.137. The molecule has 5 atom stereocenters. The number of aromatic nitrogens is 4. The predicted molar refractivity (Wildman–Crippen MR) is 149 cm³/mol. The van der Waals surface area contributed by atoms with E-state index in [1.54, 1.807) is 23.8 Å². The molecular formula is C27H40N8O7. The van der Waals surface area contributed by atoms with Gasteiger partial charge in [-0.05, 0) is 44.9 Å². The molecule has 5 rings (SSSR count). The smallest absolute Gasteiger partial charge is 0.409 e. The van der Waals surface area contributed by atoms with Crippen LogP contribution in [-0.2, 0) is 25.5 Å². The second-order valence-electron chi connectivity index (χ2n) is 11.3. The Morgan fingerprint density at radius 1 is 1.17 bits per heavy atom. The Labute approximate surface area is 243 Å². The highest BCUT2D eigenvalue weighted by Gasteiger charge is 2.47. The number of carbonyl (C=O) groups is 3. The van der Waals surface area contributed by atoms with Crippen LogP contribution in [0.15, 0.2) is 6.33 Å². The number of hydrogen-bond donors (Lipinski definition) is 4. The fourth-order valence-corrected chi connectivity index (χ4v) is 5.93. The van der Waals surface area contributed by atoms with E-state index in [2.05, 4.69) is 20.3 Å². The molecule has 0 bridgehead atoms. The van der Waals surface area contributed by atoms with E-state index in [-0.39, 0.29) is 30.3 Å². The van der Waals surface area contributed by atoms with Crippen LogP contribution >= 0.6 is 0 Å². The van der Waals surface area contributed by atoms with E-state index in [1.165, 1.54) is 10.9 Å². The van der Waals surface area contributed by atoms with Crippen LogP contribution in [0.2, 0.25) is 0 Å². The maximum absolute atomic E-state index is 12.5. The molecule has 42 heavy (non-hydrogen) atoms. The normalized spacial score (nSPS) is 26.8. The molecule has 3 aliphatic heterocycles. The molecule has 3 fully saturated rings. The number of ether oxygens (including phenoxy) is 2. The number of imidazole rings is 1. The number of aryl methyl sites for hydroxylation is 1. The number of carbonyl (C=O) groups excluding carboxylic acids is 3. The second kappa shape index (κ2) is 12.8.